The lowest BCUT2D eigenvalue weighted by Gasteiger charge is -2.25. The van der Waals surface area contributed by atoms with Gasteiger partial charge in [0, 0.05) is 29.3 Å². The number of aliphatic hydroxyl groups is 1. The maximum Gasteiger partial charge on any atom is 0.328 e. The molecule has 5 unspecified atom stereocenters. The fourth-order valence-corrected chi connectivity index (χ4v) is 4.28. The fourth-order valence-electron chi connectivity index (χ4n) is 4.02. The summed E-state index contributed by atoms with van der Waals surface area (Å²) in [7, 11) is 0. The summed E-state index contributed by atoms with van der Waals surface area (Å²) in [5.74, 6) is -3.14. The van der Waals surface area contributed by atoms with Crippen molar-refractivity contribution < 1.29 is 29.4 Å². The van der Waals surface area contributed by atoms with Crippen LogP contribution in [0.2, 0.25) is 0 Å². The molecule has 0 spiro atoms. The molecule has 190 valence electrons. The summed E-state index contributed by atoms with van der Waals surface area (Å²) in [6, 6.07) is 3.29. The van der Waals surface area contributed by atoms with E-state index in [1.807, 2.05) is 24.3 Å². The van der Waals surface area contributed by atoms with Crippen LogP contribution in [0, 0.1) is 0 Å². The van der Waals surface area contributed by atoms with Gasteiger partial charge in [-0.2, -0.15) is 12.6 Å². The fraction of sp³-hybridized carbons (Fsp3) is 0.478. The summed E-state index contributed by atoms with van der Waals surface area (Å²) < 4.78 is 0. The van der Waals surface area contributed by atoms with Crippen LogP contribution in [0.4, 0.5) is 0 Å². The monoisotopic (exact) mass is 505 g/mol. The Balaban J connectivity index is 1.79. The first kappa shape index (κ1) is 26.5. The zero-order valence-corrected chi connectivity index (χ0v) is 20.2. The summed E-state index contributed by atoms with van der Waals surface area (Å²) in [5, 5.41) is 30.6. The maximum atomic E-state index is 13.1. The van der Waals surface area contributed by atoms with Crippen molar-refractivity contribution in [3.05, 3.63) is 36.0 Å². The minimum atomic E-state index is -1.56. The summed E-state index contributed by atoms with van der Waals surface area (Å²) in [6.45, 7) is 1.96. The molecule has 5 atom stereocenters. The molecule has 1 aliphatic heterocycles. The molecule has 1 aromatic heterocycles. The Morgan fingerprint density at radius 1 is 1.11 bits per heavy atom. The molecule has 1 saturated heterocycles. The molecular formula is C23H31N5O6S. The van der Waals surface area contributed by atoms with E-state index < -0.39 is 48.1 Å². The van der Waals surface area contributed by atoms with Crippen molar-refractivity contribution >= 4 is 47.2 Å². The predicted molar refractivity (Wildman–Crippen MR) is 132 cm³/mol. The van der Waals surface area contributed by atoms with Crippen LogP contribution in [0.3, 0.4) is 0 Å². The number of fused-ring (bicyclic) bond motifs is 1. The minimum Gasteiger partial charge on any atom is -0.480 e. The third-order valence-corrected chi connectivity index (χ3v) is 6.34. The number of para-hydroxylation sites is 1. The second-order valence-corrected chi connectivity index (χ2v) is 8.95. The largest absolute Gasteiger partial charge is 0.480 e. The average Bonchev–Trinajstić information content (AvgIpc) is 3.50. The second kappa shape index (κ2) is 12.0. The van der Waals surface area contributed by atoms with Crippen LogP contribution in [-0.2, 0) is 25.6 Å². The Labute approximate surface area is 207 Å². The number of hydrogen-bond donors (Lipinski definition) is 8. The van der Waals surface area contributed by atoms with E-state index in [2.05, 4.69) is 38.9 Å². The van der Waals surface area contributed by atoms with Crippen LogP contribution in [0.15, 0.2) is 30.5 Å². The highest BCUT2D eigenvalue weighted by Crippen LogP contribution is 2.19. The number of thiol groups is 1. The molecule has 3 rings (SSSR count). The van der Waals surface area contributed by atoms with Crippen molar-refractivity contribution in [2.24, 2.45) is 0 Å². The highest BCUT2D eigenvalue weighted by Gasteiger charge is 2.32. The normalized spacial score (nSPS) is 18.9. The zero-order chi connectivity index (χ0) is 25.5. The van der Waals surface area contributed by atoms with E-state index in [1.165, 1.54) is 6.92 Å². The van der Waals surface area contributed by atoms with Gasteiger partial charge in [0.15, 0.2) is 6.04 Å². The van der Waals surface area contributed by atoms with Gasteiger partial charge in [-0.15, -0.1) is 0 Å². The quantitative estimate of drug-likeness (QED) is 0.187. The van der Waals surface area contributed by atoms with Gasteiger partial charge in [-0.1, -0.05) is 18.2 Å². The van der Waals surface area contributed by atoms with Crippen LogP contribution < -0.4 is 21.3 Å². The highest BCUT2D eigenvalue weighted by atomic mass is 32.1. The summed E-state index contributed by atoms with van der Waals surface area (Å²) in [6.07, 6.45) is 1.92. The van der Waals surface area contributed by atoms with E-state index in [1.54, 1.807) is 6.20 Å². The topological polar surface area (TPSA) is 173 Å². The summed E-state index contributed by atoms with van der Waals surface area (Å²) in [4.78, 5) is 53.2. The standard InChI is InChI=1S/C23H31N5O6S/c1-12(29)19(23(33)34)28-21(31)17(9-13-10-25-15-6-3-2-5-14(13)15)26-22(32)18(11-35)27-20(30)16-7-4-8-24-16/h2-3,5-6,10,12,16-19,24-25,29,35H,4,7-9,11H2,1H3,(H,26,32)(H,27,30)(H,28,31)(H,33,34). The van der Waals surface area contributed by atoms with Gasteiger partial charge in [-0.05, 0) is 37.9 Å². The van der Waals surface area contributed by atoms with Gasteiger partial charge in [0.05, 0.1) is 12.1 Å². The number of aliphatic hydroxyl groups excluding tert-OH is 1. The highest BCUT2D eigenvalue weighted by molar-refractivity contribution is 7.80. The van der Waals surface area contributed by atoms with Gasteiger partial charge in [-0.3, -0.25) is 14.4 Å². The Morgan fingerprint density at radius 3 is 2.46 bits per heavy atom. The zero-order valence-electron chi connectivity index (χ0n) is 19.3. The maximum absolute atomic E-state index is 13.1. The lowest BCUT2D eigenvalue weighted by Crippen LogP contribution is -2.59. The molecule has 11 nitrogen and oxygen atoms in total. The first-order chi connectivity index (χ1) is 16.7. The number of carboxylic acid groups (broad SMARTS) is 1. The molecule has 1 aliphatic rings. The summed E-state index contributed by atoms with van der Waals surface area (Å²) in [5.41, 5.74) is 1.57. The lowest BCUT2D eigenvalue weighted by molar-refractivity contribution is -0.145. The molecular weight excluding hydrogens is 474 g/mol. The first-order valence-electron chi connectivity index (χ1n) is 11.4. The van der Waals surface area contributed by atoms with Crippen LogP contribution in [0.1, 0.15) is 25.3 Å². The van der Waals surface area contributed by atoms with Gasteiger partial charge >= 0.3 is 5.97 Å². The van der Waals surface area contributed by atoms with Gasteiger partial charge < -0.3 is 36.5 Å². The molecule has 35 heavy (non-hydrogen) atoms. The molecule has 1 fully saturated rings. The van der Waals surface area contributed by atoms with E-state index >= 15 is 0 Å². The van der Waals surface area contributed by atoms with Crippen molar-refractivity contribution in [2.45, 2.75) is 56.5 Å². The number of nitrogens with one attached hydrogen (secondary N) is 5. The molecule has 0 bridgehead atoms. The average molecular weight is 506 g/mol. The van der Waals surface area contributed by atoms with Gasteiger partial charge in [0.25, 0.3) is 0 Å². The molecule has 0 aliphatic carbocycles. The van der Waals surface area contributed by atoms with Crippen molar-refractivity contribution in [1.82, 2.24) is 26.3 Å². The molecule has 12 heteroatoms. The van der Waals surface area contributed by atoms with Crippen molar-refractivity contribution in [1.29, 1.82) is 0 Å². The SMILES string of the molecule is CC(O)C(NC(=O)C(Cc1c[nH]c2ccccc12)NC(=O)C(CS)NC(=O)C1CCCN1)C(=O)O. The number of aromatic nitrogens is 1. The van der Waals surface area contributed by atoms with E-state index in [0.29, 0.717) is 6.42 Å². The molecule has 1 aromatic carbocycles. The number of hydrogen-bond acceptors (Lipinski definition) is 7. The Kier molecular flexibility index (Phi) is 9.13. The molecule has 7 N–H and O–H groups in total. The number of carbonyl (C=O) groups is 4. The van der Waals surface area contributed by atoms with Crippen molar-refractivity contribution in [3.8, 4) is 0 Å². The molecule has 3 amide bonds. The van der Waals surface area contributed by atoms with E-state index in [-0.39, 0.29) is 18.1 Å². The Bertz CT molecular complexity index is 1070. The second-order valence-electron chi connectivity index (χ2n) is 8.58. The summed E-state index contributed by atoms with van der Waals surface area (Å²) >= 11 is 4.18. The number of amides is 3. The third-order valence-electron chi connectivity index (χ3n) is 5.97. The number of aromatic amines is 1. The number of H-pyrrole nitrogens is 1. The van der Waals surface area contributed by atoms with E-state index in [0.717, 1.165) is 29.4 Å². The van der Waals surface area contributed by atoms with Gasteiger partial charge in [-0.25, -0.2) is 4.79 Å². The van der Waals surface area contributed by atoms with Crippen molar-refractivity contribution in [3.63, 3.8) is 0 Å². The first-order valence-corrected chi connectivity index (χ1v) is 12.1. The Hall–Kier alpha value is -3.09. The molecule has 2 aromatic rings. The van der Waals surface area contributed by atoms with E-state index in [9.17, 15) is 29.4 Å². The number of benzene rings is 1. The Morgan fingerprint density at radius 2 is 1.83 bits per heavy atom. The van der Waals surface area contributed by atoms with Crippen molar-refractivity contribution in [2.75, 3.05) is 12.3 Å². The molecule has 0 radical (unpaired) electrons. The third kappa shape index (κ3) is 6.74. The van der Waals surface area contributed by atoms with Crippen LogP contribution >= 0.6 is 12.6 Å². The number of carbonyl (C=O) groups excluding carboxylic acids is 3. The van der Waals surface area contributed by atoms with Gasteiger partial charge in [0.1, 0.15) is 12.1 Å². The molecule has 2 heterocycles. The van der Waals surface area contributed by atoms with Crippen LogP contribution in [0.5, 0.6) is 0 Å². The van der Waals surface area contributed by atoms with Gasteiger partial charge in [0.2, 0.25) is 17.7 Å². The van der Waals surface area contributed by atoms with E-state index in [4.69, 9.17) is 0 Å². The predicted octanol–water partition coefficient (Wildman–Crippen LogP) is -0.688. The number of aliphatic carboxylic acids is 1. The van der Waals surface area contributed by atoms with Crippen LogP contribution in [0.25, 0.3) is 10.9 Å². The smallest absolute Gasteiger partial charge is 0.328 e. The van der Waals surface area contributed by atoms with Crippen LogP contribution in [-0.4, -0.2) is 81.5 Å². The lowest BCUT2D eigenvalue weighted by atomic mass is 10.0. The molecule has 0 saturated carbocycles. The number of rotatable bonds is 11. The number of carboxylic acids is 1. The minimum absolute atomic E-state index is 0.00283.